The van der Waals surface area contributed by atoms with Crippen LogP contribution in [0, 0.1) is 0 Å². The molecule has 1 unspecified atom stereocenters. The SMILES string of the molecule is NC1CCCN(c2ccnc(-c3cnc4ccc(Cl)cn34)n2)C1. The second-order valence-corrected chi connectivity index (χ2v) is 6.24. The molecule has 4 heterocycles. The van der Waals surface area contributed by atoms with Crippen LogP contribution in [0.4, 0.5) is 5.82 Å². The first kappa shape index (κ1) is 14.4. The van der Waals surface area contributed by atoms with Crippen LogP contribution in [-0.2, 0) is 0 Å². The molecule has 0 bridgehead atoms. The zero-order valence-corrected chi connectivity index (χ0v) is 13.3. The van der Waals surface area contributed by atoms with Crippen LogP contribution in [0.15, 0.2) is 36.8 Å². The Kier molecular flexibility index (Phi) is 3.63. The predicted molar refractivity (Wildman–Crippen MR) is 90.7 cm³/mol. The first-order chi connectivity index (χ1) is 11.2. The maximum atomic E-state index is 6.09. The van der Waals surface area contributed by atoms with E-state index in [9.17, 15) is 0 Å². The number of hydrogen-bond acceptors (Lipinski definition) is 5. The summed E-state index contributed by atoms with van der Waals surface area (Å²) >= 11 is 6.09. The molecule has 7 heteroatoms. The molecule has 3 aromatic rings. The van der Waals surface area contributed by atoms with Crippen molar-refractivity contribution in [1.29, 1.82) is 0 Å². The van der Waals surface area contributed by atoms with Crippen LogP contribution in [0.3, 0.4) is 0 Å². The van der Waals surface area contributed by atoms with Gasteiger partial charge >= 0.3 is 0 Å². The summed E-state index contributed by atoms with van der Waals surface area (Å²) in [5, 5.41) is 0.648. The lowest BCUT2D eigenvalue weighted by Gasteiger charge is -2.31. The van der Waals surface area contributed by atoms with Gasteiger partial charge in [-0.25, -0.2) is 15.0 Å². The zero-order valence-electron chi connectivity index (χ0n) is 12.6. The Bertz CT molecular complexity index is 845. The van der Waals surface area contributed by atoms with Crippen molar-refractivity contribution in [3.8, 4) is 11.5 Å². The van der Waals surface area contributed by atoms with E-state index in [0.717, 1.165) is 43.1 Å². The lowest BCUT2D eigenvalue weighted by molar-refractivity contribution is 0.503. The summed E-state index contributed by atoms with van der Waals surface area (Å²) in [5.74, 6) is 1.54. The van der Waals surface area contributed by atoms with Crippen molar-refractivity contribution in [3.05, 3.63) is 41.8 Å². The van der Waals surface area contributed by atoms with Crippen molar-refractivity contribution < 1.29 is 0 Å². The van der Waals surface area contributed by atoms with Gasteiger partial charge in [-0.15, -0.1) is 0 Å². The van der Waals surface area contributed by atoms with E-state index in [0.29, 0.717) is 10.8 Å². The van der Waals surface area contributed by atoms with E-state index >= 15 is 0 Å². The molecule has 1 atom stereocenters. The number of aromatic nitrogens is 4. The van der Waals surface area contributed by atoms with Gasteiger partial charge in [0.05, 0.1) is 11.2 Å². The van der Waals surface area contributed by atoms with Crippen molar-refractivity contribution in [2.45, 2.75) is 18.9 Å². The molecular formula is C16H17ClN6. The van der Waals surface area contributed by atoms with E-state index < -0.39 is 0 Å². The molecule has 0 saturated carbocycles. The van der Waals surface area contributed by atoms with E-state index in [1.165, 1.54) is 0 Å². The summed E-state index contributed by atoms with van der Waals surface area (Å²) < 4.78 is 1.91. The third-order valence-corrected chi connectivity index (χ3v) is 4.34. The van der Waals surface area contributed by atoms with Gasteiger partial charge in [0, 0.05) is 31.5 Å². The average Bonchev–Trinajstić information content (AvgIpc) is 2.98. The van der Waals surface area contributed by atoms with Gasteiger partial charge in [0.15, 0.2) is 5.82 Å². The van der Waals surface area contributed by atoms with Gasteiger partial charge in [0.2, 0.25) is 0 Å². The molecule has 0 aliphatic carbocycles. The van der Waals surface area contributed by atoms with Gasteiger partial charge in [0.25, 0.3) is 0 Å². The maximum Gasteiger partial charge on any atom is 0.180 e. The summed E-state index contributed by atoms with van der Waals surface area (Å²) in [6.45, 7) is 1.80. The number of hydrogen-bond donors (Lipinski definition) is 1. The Balaban J connectivity index is 1.74. The smallest absolute Gasteiger partial charge is 0.180 e. The van der Waals surface area contributed by atoms with Crippen LogP contribution in [0.5, 0.6) is 0 Å². The Morgan fingerprint density at radius 2 is 2.13 bits per heavy atom. The van der Waals surface area contributed by atoms with E-state index in [1.807, 2.05) is 28.8 Å². The number of imidazole rings is 1. The van der Waals surface area contributed by atoms with Gasteiger partial charge in [-0.3, -0.25) is 4.40 Å². The van der Waals surface area contributed by atoms with E-state index in [-0.39, 0.29) is 6.04 Å². The van der Waals surface area contributed by atoms with Gasteiger partial charge in [0.1, 0.15) is 17.2 Å². The van der Waals surface area contributed by atoms with Gasteiger partial charge in [-0.2, -0.15) is 0 Å². The number of rotatable bonds is 2. The molecule has 23 heavy (non-hydrogen) atoms. The zero-order chi connectivity index (χ0) is 15.8. The number of nitrogens with two attached hydrogens (primary N) is 1. The Morgan fingerprint density at radius 1 is 1.22 bits per heavy atom. The molecule has 1 fully saturated rings. The molecule has 3 aromatic heterocycles. The normalized spacial score (nSPS) is 18.5. The number of fused-ring (bicyclic) bond motifs is 1. The standard InChI is InChI=1S/C16H17ClN6/c17-11-3-4-14-20-8-13(23(14)9-11)16-19-6-5-15(21-16)22-7-1-2-12(18)10-22/h3-6,8-9,12H,1-2,7,10,18H2. The maximum absolute atomic E-state index is 6.09. The lowest BCUT2D eigenvalue weighted by Crippen LogP contribution is -2.43. The minimum absolute atomic E-state index is 0.205. The third-order valence-electron chi connectivity index (χ3n) is 4.12. The molecule has 0 amide bonds. The summed E-state index contributed by atoms with van der Waals surface area (Å²) in [6, 6.07) is 5.83. The second-order valence-electron chi connectivity index (χ2n) is 5.81. The first-order valence-corrected chi connectivity index (χ1v) is 8.05. The van der Waals surface area contributed by atoms with Gasteiger partial charge in [-0.1, -0.05) is 11.6 Å². The Hall–Kier alpha value is -2.18. The molecule has 0 spiro atoms. The molecule has 0 radical (unpaired) electrons. The number of pyridine rings is 1. The molecule has 1 aliphatic rings. The summed E-state index contributed by atoms with van der Waals surface area (Å²) in [7, 11) is 0. The van der Waals surface area contributed by atoms with Crippen LogP contribution in [0.1, 0.15) is 12.8 Å². The van der Waals surface area contributed by atoms with Crippen LogP contribution in [-0.4, -0.2) is 38.5 Å². The van der Waals surface area contributed by atoms with Crippen LogP contribution >= 0.6 is 11.6 Å². The molecule has 6 nitrogen and oxygen atoms in total. The van der Waals surface area contributed by atoms with Crippen molar-refractivity contribution in [2.75, 3.05) is 18.0 Å². The number of halogens is 1. The first-order valence-electron chi connectivity index (χ1n) is 7.67. The molecular weight excluding hydrogens is 312 g/mol. The molecule has 2 N–H and O–H groups in total. The fourth-order valence-electron chi connectivity index (χ4n) is 2.99. The van der Waals surface area contributed by atoms with Crippen molar-refractivity contribution in [1.82, 2.24) is 19.4 Å². The Morgan fingerprint density at radius 3 is 3.00 bits per heavy atom. The van der Waals surface area contributed by atoms with E-state index in [4.69, 9.17) is 22.3 Å². The highest BCUT2D eigenvalue weighted by Crippen LogP contribution is 2.23. The fraction of sp³-hybridized carbons (Fsp3) is 0.312. The van der Waals surface area contributed by atoms with Crippen LogP contribution in [0.25, 0.3) is 17.2 Å². The highest BCUT2D eigenvalue weighted by atomic mass is 35.5. The highest BCUT2D eigenvalue weighted by molar-refractivity contribution is 6.30. The highest BCUT2D eigenvalue weighted by Gasteiger charge is 2.19. The predicted octanol–water partition coefficient (Wildman–Crippen LogP) is 2.37. The topological polar surface area (TPSA) is 72.3 Å². The molecule has 0 aromatic carbocycles. The van der Waals surface area contributed by atoms with Gasteiger partial charge in [-0.05, 0) is 31.0 Å². The molecule has 1 saturated heterocycles. The monoisotopic (exact) mass is 328 g/mol. The van der Waals surface area contributed by atoms with Gasteiger partial charge < -0.3 is 10.6 Å². The van der Waals surface area contributed by atoms with Crippen molar-refractivity contribution in [3.63, 3.8) is 0 Å². The summed E-state index contributed by atoms with van der Waals surface area (Å²) in [5.41, 5.74) is 7.71. The summed E-state index contributed by atoms with van der Waals surface area (Å²) in [6.07, 6.45) is 7.53. The number of anilines is 1. The van der Waals surface area contributed by atoms with Crippen molar-refractivity contribution in [2.24, 2.45) is 5.73 Å². The summed E-state index contributed by atoms with van der Waals surface area (Å²) in [4.78, 5) is 15.7. The number of nitrogens with zero attached hydrogens (tertiary/aromatic N) is 5. The largest absolute Gasteiger partial charge is 0.355 e. The number of piperidine rings is 1. The lowest BCUT2D eigenvalue weighted by atomic mass is 10.1. The van der Waals surface area contributed by atoms with Crippen LogP contribution < -0.4 is 10.6 Å². The fourth-order valence-corrected chi connectivity index (χ4v) is 3.15. The van der Waals surface area contributed by atoms with Crippen LogP contribution in [0.2, 0.25) is 5.02 Å². The van der Waals surface area contributed by atoms with E-state index in [1.54, 1.807) is 12.4 Å². The average molecular weight is 329 g/mol. The molecule has 4 rings (SSSR count). The molecule has 118 valence electrons. The molecule has 1 aliphatic heterocycles. The van der Waals surface area contributed by atoms with Crippen molar-refractivity contribution >= 4 is 23.1 Å². The van der Waals surface area contributed by atoms with E-state index in [2.05, 4.69) is 14.9 Å². The Labute approximate surface area is 138 Å². The minimum atomic E-state index is 0.205. The second kappa shape index (κ2) is 5.79. The third kappa shape index (κ3) is 2.75. The minimum Gasteiger partial charge on any atom is -0.355 e. The quantitative estimate of drug-likeness (QED) is 0.782.